The zero-order valence-electron chi connectivity index (χ0n) is 6.53. The first-order valence-electron chi connectivity index (χ1n) is 3.61. The molecule has 0 spiro atoms. The molecule has 11 heavy (non-hydrogen) atoms. The van der Waals surface area contributed by atoms with Crippen LogP contribution in [0.3, 0.4) is 0 Å². The van der Waals surface area contributed by atoms with E-state index in [2.05, 4.69) is 0 Å². The van der Waals surface area contributed by atoms with Crippen molar-refractivity contribution in [2.45, 2.75) is 13.5 Å². The van der Waals surface area contributed by atoms with Crippen molar-refractivity contribution < 1.29 is 0 Å². The second-order valence-electron chi connectivity index (χ2n) is 2.26. The highest BCUT2D eigenvalue weighted by Crippen LogP contribution is 1.82. The molecular formula is C9H11NO. The fraction of sp³-hybridized carbons (Fsp3) is 0.222. The Balaban J connectivity index is 2.86. The van der Waals surface area contributed by atoms with E-state index in [-0.39, 0.29) is 5.56 Å². The molecule has 0 aliphatic heterocycles. The van der Waals surface area contributed by atoms with Gasteiger partial charge >= 0.3 is 0 Å². The largest absolute Gasteiger partial charge is 0.312 e. The van der Waals surface area contributed by atoms with E-state index < -0.39 is 0 Å². The van der Waals surface area contributed by atoms with Crippen LogP contribution in [-0.4, -0.2) is 4.57 Å². The van der Waals surface area contributed by atoms with Gasteiger partial charge in [0.2, 0.25) is 0 Å². The van der Waals surface area contributed by atoms with E-state index in [9.17, 15) is 4.79 Å². The summed E-state index contributed by atoms with van der Waals surface area (Å²) < 4.78 is 1.65. The van der Waals surface area contributed by atoms with E-state index >= 15 is 0 Å². The summed E-state index contributed by atoms with van der Waals surface area (Å²) in [6.07, 6.45) is 5.66. The van der Waals surface area contributed by atoms with Gasteiger partial charge in [-0.3, -0.25) is 4.79 Å². The lowest BCUT2D eigenvalue weighted by Gasteiger charge is -1.97. The van der Waals surface area contributed by atoms with Crippen LogP contribution in [-0.2, 0) is 6.54 Å². The van der Waals surface area contributed by atoms with Gasteiger partial charge in [-0.15, -0.1) is 0 Å². The van der Waals surface area contributed by atoms with Crippen LogP contribution in [0, 0.1) is 0 Å². The molecule has 0 saturated heterocycles. The molecule has 0 atom stereocenters. The van der Waals surface area contributed by atoms with Crippen LogP contribution in [0.5, 0.6) is 0 Å². The van der Waals surface area contributed by atoms with Gasteiger partial charge in [-0.2, -0.15) is 0 Å². The van der Waals surface area contributed by atoms with Gasteiger partial charge in [0.1, 0.15) is 0 Å². The average Bonchev–Trinajstić information content (AvgIpc) is 2.03. The predicted octanol–water partition coefficient (Wildman–Crippen LogP) is 1.42. The summed E-state index contributed by atoms with van der Waals surface area (Å²) >= 11 is 0. The van der Waals surface area contributed by atoms with Crippen molar-refractivity contribution in [1.29, 1.82) is 0 Å². The maximum atomic E-state index is 11.1. The normalized spacial score (nSPS) is 10.6. The molecule has 0 saturated carbocycles. The first kappa shape index (κ1) is 7.79. The second-order valence-corrected chi connectivity index (χ2v) is 2.26. The lowest BCUT2D eigenvalue weighted by atomic mass is 10.4. The third-order valence-electron chi connectivity index (χ3n) is 1.44. The first-order valence-corrected chi connectivity index (χ1v) is 3.61. The van der Waals surface area contributed by atoms with Gasteiger partial charge in [-0.25, -0.2) is 0 Å². The minimum atomic E-state index is 0.0469. The van der Waals surface area contributed by atoms with Gasteiger partial charge in [-0.05, 0) is 13.0 Å². The maximum absolute atomic E-state index is 11.1. The molecule has 0 aliphatic rings. The van der Waals surface area contributed by atoms with Crippen molar-refractivity contribution in [2.75, 3.05) is 0 Å². The van der Waals surface area contributed by atoms with Crippen molar-refractivity contribution >= 4 is 0 Å². The molecule has 0 aromatic carbocycles. The van der Waals surface area contributed by atoms with Crippen LogP contribution < -0.4 is 5.56 Å². The molecule has 58 valence electrons. The highest BCUT2D eigenvalue weighted by molar-refractivity contribution is 4.94. The van der Waals surface area contributed by atoms with E-state index in [0.717, 1.165) is 0 Å². The number of hydrogen-bond donors (Lipinski definition) is 0. The molecular weight excluding hydrogens is 138 g/mol. The molecule has 1 rings (SSSR count). The van der Waals surface area contributed by atoms with Crippen molar-refractivity contribution in [3.63, 3.8) is 0 Å². The molecule has 1 heterocycles. The Morgan fingerprint density at radius 3 is 3.00 bits per heavy atom. The highest BCUT2D eigenvalue weighted by Gasteiger charge is 1.87. The Bertz CT molecular complexity index is 298. The Morgan fingerprint density at radius 1 is 1.55 bits per heavy atom. The van der Waals surface area contributed by atoms with Gasteiger partial charge in [0.05, 0.1) is 0 Å². The average molecular weight is 149 g/mol. The monoisotopic (exact) mass is 149 g/mol. The van der Waals surface area contributed by atoms with Crippen LogP contribution >= 0.6 is 0 Å². The lowest BCUT2D eigenvalue weighted by molar-refractivity contribution is 0.778. The smallest absolute Gasteiger partial charge is 0.250 e. The standard InChI is InChI=1S/C9H11NO/c1-2-3-7-10-8-5-4-6-9(10)11/h2-6,8H,7H2,1H3. The van der Waals surface area contributed by atoms with E-state index in [4.69, 9.17) is 0 Å². The van der Waals surface area contributed by atoms with Crippen molar-refractivity contribution in [3.8, 4) is 0 Å². The molecule has 0 unspecified atom stereocenters. The summed E-state index contributed by atoms with van der Waals surface area (Å²) in [6, 6.07) is 5.16. The van der Waals surface area contributed by atoms with Crippen molar-refractivity contribution in [2.24, 2.45) is 0 Å². The summed E-state index contributed by atoms with van der Waals surface area (Å²) in [7, 11) is 0. The summed E-state index contributed by atoms with van der Waals surface area (Å²) in [5, 5.41) is 0. The van der Waals surface area contributed by atoms with Crippen molar-refractivity contribution in [3.05, 3.63) is 46.9 Å². The predicted molar refractivity (Wildman–Crippen MR) is 45.5 cm³/mol. The fourth-order valence-corrected chi connectivity index (χ4v) is 0.830. The molecule has 2 nitrogen and oxygen atoms in total. The zero-order valence-corrected chi connectivity index (χ0v) is 6.53. The van der Waals surface area contributed by atoms with Gasteiger partial charge in [-0.1, -0.05) is 18.2 Å². The Labute approximate surface area is 65.8 Å². The number of pyridine rings is 1. The number of aromatic nitrogens is 1. The minimum Gasteiger partial charge on any atom is -0.312 e. The van der Waals surface area contributed by atoms with Gasteiger partial charge < -0.3 is 4.57 Å². The highest BCUT2D eigenvalue weighted by atomic mass is 16.1. The molecule has 0 aliphatic carbocycles. The van der Waals surface area contributed by atoms with Crippen LogP contribution in [0.1, 0.15) is 6.92 Å². The maximum Gasteiger partial charge on any atom is 0.250 e. The molecule has 0 bridgehead atoms. The molecule has 0 radical (unpaired) electrons. The van der Waals surface area contributed by atoms with Crippen LogP contribution in [0.25, 0.3) is 0 Å². The van der Waals surface area contributed by atoms with E-state index in [0.29, 0.717) is 6.54 Å². The Hall–Kier alpha value is -1.31. The number of hydrogen-bond acceptors (Lipinski definition) is 1. The summed E-state index contributed by atoms with van der Waals surface area (Å²) in [5.74, 6) is 0. The first-order chi connectivity index (χ1) is 5.34. The second kappa shape index (κ2) is 3.76. The molecule has 0 fully saturated rings. The number of rotatable bonds is 2. The third-order valence-corrected chi connectivity index (χ3v) is 1.44. The Morgan fingerprint density at radius 2 is 2.36 bits per heavy atom. The van der Waals surface area contributed by atoms with Gasteiger partial charge in [0.25, 0.3) is 5.56 Å². The van der Waals surface area contributed by atoms with Crippen LogP contribution in [0.4, 0.5) is 0 Å². The number of allylic oxidation sites excluding steroid dienone is 2. The van der Waals surface area contributed by atoms with Gasteiger partial charge in [0, 0.05) is 18.8 Å². The third kappa shape index (κ3) is 2.08. The molecule has 0 amide bonds. The number of nitrogens with zero attached hydrogens (tertiary/aromatic N) is 1. The molecule has 2 heteroatoms. The Kier molecular flexibility index (Phi) is 2.66. The van der Waals surface area contributed by atoms with Gasteiger partial charge in [0.15, 0.2) is 0 Å². The minimum absolute atomic E-state index is 0.0469. The molecule has 0 N–H and O–H groups in total. The molecule has 1 aromatic rings. The van der Waals surface area contributed by atoms with Crippen molar-refractivity contribution in [1.82, 2.24) is 4.57 Å². The fourth-order valence-electron chi connectivity index (χ4n) is 0.830. The topological polar surface area (TPSA) is 22.0 Å². The lowest BCUT2D eigenvalue weighted by Crippen LogP contribution is -2.16. The van der Waals surface area contributed by atoms with E-state index in [1.807, 2.05) is 25.1 Å². The summed E-state index contributed by atoms with van der Waals surface area (Å²) in [6.45, 7) is 2.60. The van der Waals surface area contributed by atoms with Crippen LogP contribution in [0.15, 0.2) is 41.3 Å². The van der Waals surface area contributed by atoms with E-state index in [1.165, 1.54) is 0 Å². The van der Waals surface area contributed by atoms with Crippen LogP contribution in [0.2, 0.25) is 0 Å². The summed E-state index contributed by atoms with van der Waals surface area (Å²) in [4.78, 5) is 11.1. The molecule has 1 aromatic heterocycles. The quantitative estimate of drug-likeness (QED) is 0.583. The SMILES string of the molecule is CC=CCn1ccccc1=O. The zero-order chi connectivity index (χ0) is 8.10. The summed E-state index contributed by atoms with van der Waals surface area (Å²) in [5.41, 5.74) is 0.0469. The van der Waals surface area contributed by atoms with E-state index in [1.54, 1.807) is 22.9 Å².